The molecule has 1 aromatic rings. The average molecular weight is 332 g/mol. The van der Waals surface area contributed by atoms with Gasteiger partial charge in [-0.25, -0.2) is 4.79 Å². The fourth-order valence-corrected chi connectivity index (χ4v) is 3.57. The van der Waals surface area contributed by atoms with Crippen molar-refractivity contribution in [3.8, 4) is 0 Å². The van der Waals surface area contributed by atoms with E-state index in [9.17, 15) is 9.90 Å². The van der Waals surface area contributed by atoms with Gasteiger partial charge in [0, 0.05) is 0 Å². The van der Waals surface area contributed by atoms with E-state index >= 15 is 0 Å². The molecule has 4 heteroatoms. The highest BCUT2D eigenvalue weighted by molar-refractivity contribution is 5.75. The zero-order valence-electron chi connectivity index (χ0n) is 15.3. The molecular weight excluding hydrogens is 300 g/mol. The van der Waals surface area contributed by atoms with Crippen molar-refractivity contribution in [2.45, 2.75) is 77.3 Å². The Hall–Kier alpha value is -1.55. The first-order valence-electron chi connectivity index (χ1n) is 9.26. The maximum absolute atomic E-state index is 12.5. The first-order chi connectivity index (χ1) is 11.5. The molecule has 0 bridgehead atoms. The van der Waals surface area contributed by atoms with Crippen LogP contribution in [0.1, 0.15) is 74.6 Å². The minimum absolute atomic E-state index is 0.00850. The molecule has 2 rings (SSSR count). The predicted octanol–water partition coefficient (Wildman–Crippen LogP) is 4.14. The highest BCUT2D eigenvalue weighted by Gasteiger charge is 2.32. The highest BCUT2D eigenvalue weighted by Crippen LogP contribution is 2.27. The lowest BCUT2D eigenvalue weighted by Crippen LogP contribution is -2.54. The molecule has 1 fully saturated rings. The lowest BCUT2D eigenvalue weighted by molar-refractivity contribution is 0.144. The summed E-state index contributed by atoms with van der Waals surface area (Å²) in [6.07, 6.45) is 7.05. The number of hydrogen-bond acceptors (Lipinski definition) is 2. The molecule has 3 N–H and O–H groups in total. The quantitative estimate of drug-likeness (QED) is 0.710. The monoisotopic (exact) mass is 332 g/mol. The summed E-state index contributed by atoms with van der Waals surface area (Å²) in [5.74, 6) is 0. The normalized spacial score (nSPS) is 18.5. The van der Waals surface area contributed by atoms with Gasteiger partial charge in [0.15, 0.2) is 0 Å². The van der Waals surface area contributed by atoms with Crippen LogP contribution in [0, 0.1) is 13.8 Å². The van der Waals surface area contributed by atoms with Crippen molar-refractivity contribution in [1.29, 1.82) is 0 Å². The molecule has 1 aliphatic carbocycles. The third-order valence-electron chi connectivity index (χ3n) is 5.39. The van der Waals surface area contributed by atoms with Crippen LogP contribution < -0.4 is 10.6 Å². The topological polar surface area (TPSA) is 61.4 Å². The van der Waals surface area contributed by atoms with Crippen molar-refractivity contribution < 1.29 is 9.90 Å². The average Bonchev–Trinajstić information content (AvgIpc) is 2.81. The Kier molecular flexibility index (Phi) is 6.67. The van der Waals surface area contributed by atoms with E-state index in [2.05, 4.69) is 49.6 Å². The lowest BCUT2D eigenvalue weighted by atomic mass is 9.91. The molecule has 1 saturated carbocycles. The summed E-state index contributed by atoms with van der Waals surface area (Å²) in [5, 5.41) is 16.0. The molecule has 0 saturated heterocycles. The fraction of sp³-hybridized carbons (Fsp3) is 0.650. The number of amides is 2. The van der Waals surface area contributed by atoms with Crippen molar-refractivity contribution in [2.75, 3.05) is 6.61 Å². The van der Waals surface area contributed by atoms with Crippen LogP contribution >= 0.6 is 0 Å². The van der Waals surface area contributed by atoms with Crippen LogP contribution in [-0.4, -0.2) is 23.3 Å². The maximum Gasteiger partial charge on any atom is 0.315 e. The Balaban J connectivity index is 2.04. The first kappa shape index (κ1) is 18.8. The third-order valence-corrected chi connectivity index (χ3v) is 5.39. The molecule has 134 valence electrons. The second-order valence-electron chi connectivity index (χ2n) is 7.26. The number of hydrogen-bond donors (Lipinski definition) is 3. The van der Waals surface area contributed by atoms with Crippen LogP contribution in [0.15, 0.2) is 18.2 Å². The Labute approximate surface area is 146 Å². The van der Waals surface area contributed by atoms with E-state index in [1.807, 2.05) is 0 Å². The van der Waals surface area contributed by atoms with Crippen LogP contribution in [0.3, 0.4) is 0 Å². The molecule has 2 amide bonds. The minimum Gasteiger partial charge on any atom is -0.394 e. The SMILES string of the molecule is CC[C@@H](NC(=O)NC1(CO)CCCCCC1)c1ccc(C)c(C)c1. The van der Waals surface area contributed by atoms with E-state index in [0.29, 0.717) is 0 Å². The molecular formula is C20H32N2O2. The second kappa shape index (κ2) is 8.52. The number of carbonyl (C=O) groups is 1. The molecule has 1 aliphatic rings. The Morgan fingerprint density at radius 2 is 1.83 bits per heavy atom. The van der Waals surface area contributed by atoms with Gasteiger partial charge in [-0.15, -0.1) is 0 Å². The summed E-state index contributed by atoms with van der Waals surface area (Å²) < 4.78 is 0. The van der Waals surface area contributed by atoms with Crippen molar-refractivity contribution in [1.82, 2.24) is 10.6 Å². The number of nitrogens with one attached hydrogen (secondary N) is 2. The smallest absolute Gasteiger partial charge is 0.315 e. The number of rotatable bonds is 5. The van der Waals surface area contributed by atoms with Crippen LogP contribution in [0.25, 0.3) is 0 Å². The van der Waals surface area contributed by atoms with E-state index in [1.54, 1.807) is 0 Å². The van der Waals surface area contributed by atoms with E-state index in [1.165, 1.54) is 24.0 Å². The van der Waals surface area contributed by atoms with Gasteiger partial charge in [0.1, 0.15) is 0 Å². The lowest BCUT2D eigenvalue weighted by Gasteiger charge is -2.33. The van der Waals surface area contributed by atoms with Crippen LogP contribution in [0.4, 0.5) is 4.79 Å². The molecule has 1 atom stereocenters. The van der Waals surface area contributed by atoms with Crippen molar-refractivity contribution in [3.63, 3.8) is 0 Å². The van der Waals surface area contributed by atoms with Gasteiger partial charge >= 0.3 is 6.03 Å². The van der Waals surface area contributed by atoms with E-state index in [-0.39, 0.29) is 18.7 Å². The fourth-order valence-electron chi connectivity index (χ4n) is 3.57. The van der Waals surface area contributed by atoms with Gasteiger partial charge < -0.3 is 15.7 Å². The number of benzene rings is 1. The summed E-state index contributed by atoms with van der Waals surface area (Å²) in [7, 11) is 0. The molecule has 0 aliphatic heterocycles. The molecule has 4 nitrogen and oxygen atoms in total. The van der Waals surface area contributed by atoms with Gasteiger partial charge in [0.05, 0.1) is 18.2 Å². The van der Waals surface area contributed by atoms with Crippen molar-refractivity contribution in [3.05, 3.63) is 34.9 Å². The minimum atomic E-state index is -0.456. The van der Waals surface area contributed by atoms with Gasteiger partial charge in [0.2, 0.25) is 0 Å². The van der Waals surface area contributed by atoms with E-state index < -0.39 is 5.54 Å². The van der Waals surface area contributed by atoms with E-state index in [0.717, 1.165) is 37.7 Å². The summed E-state index contributed by atoms with van der Waals surface area (Å²) in [5.41, 5.74) is 3.18. The van der Waals surface area contributed by atoms with Crippen LogP contribution in [0.5, 0.6) is 0 Å². The van der Waals surface area contributed by atoms with Crippen LogP contribution in [0.2, 0.25) is 0 Å². The summed E-state index contributed by atoms with van der Waals surface area (Å²) >= 11 is 0. The van der Waals surface area contributed by atoms with Crippen LogP contribution in [-0.2, 0) is 0 Å². The first-order valence-corrected chi connectivity index (χ1v) is 9.26. The van der Waals surface area contributed by atoms with Gasteiger partial charge in [0.25, 0.3) is 0 Å². The Morgan fingerprint density at radius 3 is 2.38 bits per heavy atom. The standard InChI is InChI=1S/C20H32N2O2/c1-4-18(17-10-9-15(2)16(3)13-17)21-19(24)22-20(14-23)11-7-5-6-8-12-20/h9-10,13,18,23H,4-8,11-12,14H2,1-3H3,(H2,21,22,24)/t18-/m1/s1. The Morgan fingerprint density at radius 1 is 1.17 bits per heavy atom. The third kappa shape index (κ3) is 4.73. The molecule has 24 heavy (non-hydrogen) atoms. The maximum atomic E-state index is 12.5. The Bertz CT molecular complexity index is 549. The molecule has 0 radical (unpaired) electrons. The van der Waals surface area contributed by atoms with Crippen molar-refractivity contribution in [2.24, 2.45) is 0 Å². The molecule has 0 unspecified atom stereocenters. The van der Waals surface area contributed by atoms with Gasteiger partial charge in [-0.1, -0.05) is 50.8 Å². The largest absolute Gasteiger partial charge is 0.394 e. The van der Waals surface area contributed by atoms with Gasteiger partial charge in [-0.2, -0.15) is 0 Å². The predicted molar refractivity (Wildman–Crippen MR) is 98.1 cm³/mol. The summed E-state index contributed by atoms with van der Waals surface area (Å²) in [4.78, 5) is 12.5. The van der Waals surface area contributed by atoms with Crippen molar-refractivity contribution >= 4 is 6.03 Å². The summed E-state index contributed by atoms with van der Waals surface area (Å²) in [6, 6.07) is 6.16. The van der Waals surface area contributed by atoms with Gasteiger partial charge in [-0.3, -0.25) is 0 Å². The zero-order chi connectivity index (χ0) is 17.6. The molecule has 0 spiro atoms. The number of aliphatic hydroxyl groups excluding tert-OH is 1. The summed E-state index contributed by atoms with van der Waals surface area (Å²) in [6.45, 7) is 6.28. The number of urea groups is 1. The number of carbonyl (C=O) groups excluding carboxylic acids is 1. The second-order valence-corrected chi connectivity index (χ2v) is 7.26. The molecule has 1 aromatic carbocycles. The number of aliphatic hydroxyl groups is 1. The van der Waals surface area contributed by atoms with E-state index in [4.69, 9.17) is 0 Å². The highest BCUT2D eigenvalue weighted by atomic mass is 16.3. The number of aryl methyl sites for hydroxylation is 2. The zero-order valence-corrected chi connectivity index (χ0v) is 15.3. The molecule has 0 aromatic heterocycles. The molecule has 0 heterocycles. The van der Waals surface area contributed by atoms with Gasteiger partial charge in [-0.05, 0) is 49.8 Å².